The molecule has 2 aromatic rings. The van der Waals surface area contributed by atoms with Crippen LogP contribution in [-0.2, 0) is 4.79 Å². The van der Waals surface area contributed by atoms with Gasteiger partial charge in [-0.25, -0.2) is 0 Å². The number of carbonyl (C=O) groups is 1. The van der Waals surface area contributed by atoms with Gasteiger partial charge in [0.15, 0.2) is 0 Å². The summed E-state index contributed by atoms with van der Waals surface area (Å²) in [4.78, 5) is 15.1. The summed E-state index contributed by atoms with van der Waals surface area (Å²) >= 11 is 1.61. The molecule has 1 aromatic heterocycles. The quantitative estimate of drug-likeness (QED) is 0.793. The van der Waals surface area contributed by atoms with Crippen molar-refractivity contribution < 1.29 is 9.53 Å². The summed E-state index contributed by atoms with van der Waals surface area (Å²) in [5, 5.41) is 4.95. The number of nitrogens with one attached hydrogen (secondary N) is 1. The number of hydrogen-bond donors (Lipinski definition) is 1. The number of hydrogen-bond acceptors (Lipinski definition) is 4. The average molecular weight is 330 g/mol. The highest BCUT2D eigenvalue weighted by molar-refractivity contribution is 7.10. The molecule has 0 aliphatic heterocycles. The van der Waals surface area contributed by atoms with Crippen molar-refractivity contribution in [2.24, 2.45) is 0 Å². The lowest BCUT2D eigenvalue weighted by Crippen LogP contribution is -2.33. The zero-order chi connectivity index (χ0) is 16.7. The summed E-state index contributed by atoms with van der Waals surface area (Å²) in [5.41, 5.74) is 1.14. The molecule has 1 aromatic carbocycles. The van der Waals surface area contributed by atoms with E-state index >= 15 is 0 Å². The zero-order valence-electron chi connectivity index (χ0n) is 13.7. The molecule has 0 fully saturated rings. The van der Waals surface area contributed by atoms with Crippen LogP contribution in [0.15, 0.2) is 47.9 Å². The smallest absolute Gasteiger partial charge is 0.244 e. The first-order chi connectivity index (χ1) is 11.1. The fourth-order valence-corrected chi connectivity index (χ4v) is 2.84. The van der Waals surface area contributed by atoms with Gasteiger partial charge in [0.2, 0.25) is 5.91 Å². The Morgan fingerprint density at radius 3 is 2.61 bits per heavy atom. The van der Waals surface area contributed by atoms with Gasteiger partial charge in [-0.1, -0.05) is 18.2 Å². The molecule has 1 amide bonds. The molecule has 0 saturated carbocycles. The largest absolute Gasteiger partial charge is 0.497 e. The average Bonchev–Trinajstić information content (AvgIpc) is 3.07. The van der Waals surface area contributed by atoms with Crippen LogP contribution in [0, 0.1) is 0 Å². The summed E-state index contributed by atoms with van der Waals surface area (Å²) in [6, 6.07) is 12.0. The second-order valence-electron chi connectivity index (χ2n) is 5.35. The van der Waals surface area contributed by atoms with Crippen LogP contribution in [0.4, 0.5) is 0 Å². The Hall–Kier alpha value is -2.11. The molecule has 1 N–H and O–H groups in total. The normalized spacial score (nSPS) is 12.5. The highest BCUT2D eigenvalue weighted by Gasteiger charge is 2.14. The number of amides is 1. The van der Waals surface area contributed by atoms with E-state index in [1.165, 1.54) is 0 Å². The van der Waals surface area contributed by atoms with Gasteiger partial charge in [0, 0.05) is 17.5 Å². The molecule has 0 spiro atoms. The summed E-state index contributed by atoms with van der Waals surface area (Å²) < 4.78 is 5.18. The van der Waals surface area contributed by atoms with E-state index in [-0.39, 0.29) is 11.9 Å². The molecule has 0 aliphatic carbocycles. The van der Waals surface area contributed by atoms with Crippen LogP contribution in [-0.4, -0.2) is 38.6 Å². The predicted octanol–water partition coefficient (Wildman–Crippen LogP) is 3.19. The second-order valence-corrected chi connectivity index (χ2v) is 6.33. The lowest BCUT2D eigenvalue weighted by molar-refractivity contribution is -0.116. The van der Waals surface area contributed by atoms with Gasteiger partial charge in [0.25, 0.3) is 0 Å². The minimum Gasteiger partial charge on any atom is -0.497 e. The predicted molar refractivity (Wildman–Crippen MR) is 95.8 cm³/mol. The van der Waals surface area contributed by atoms with Gasteiger partial charge in [-0.15, -0.1) is 11.3 Å². The van der Waals surface area contributed by atoms with Gasteiger partial charge in [-0.05, 0) is 49.3 Å². The Bertz CT molecular complexity index is 634. The molecule has 2 rings (SSSR count). The Kier molecular flexibility index (Phi) is 6.38. The molecule has 0 bridgehead atoms. The number of nitrogens with zero attached hydrogens (tertiary/aromatic N) is 1. The zero-order valence-corrected chi connectivity index (χ0v) is 14.5. The van der Waals surface area contributed by atoms with Crippen molar-refractivity contribution in [3.63, 3.8) is 0 Å². The maximum atomic E-state index is 12.0. The van der Waals surface area contributed by atoms with Crippen LogP contribution in [0.2, 0.25) is 0 Å². The van der Waals surface area contributed by atoms with Gasteiger partial charge >= 0.3 is 0 Å². The molecule has 4 nitrogen and oxygen atoms in total. The molecule has 1 atom stereocenters. The fourth-order valence-electron chi connectivity index (χ4n) is 2.22. The Morgan fingerprint density at radius 2 is 2.04 bits per heavy atom. The van der Waals surface area contributed by atoms with E-state index in [9.17, 15) is 4.79 Å². The molecular formula is C18H22N2O2S. The van der Waals surface area contributed by atoms with Crippen molar-refractivity contribution in [1.29, 1.82) is 0 Å². The van der Waals surface area contributed by atoms with Crippen molar-refractivity contribution in [1.82, 2.24) is 10.2 Å². The standard InChI is InChI=1S/C18H22N2O2S/c1-20(2)17(14-6-8-15(22-3)9-7-14)13-19-18(21)11-10-16-5-4-12-23-16/h4-12,17H,13H2,1-3H3,(H,19,21)/b11-10+. The van der Waals surface area contributed by atoms with Crippen molar-refractivity contribution in [3.05, 3.63) is 58.3 Å². The van der Waals surface area contributed by atoms with Crippen LogP contribution < -0.4 is 10.1 Å². The molecule has 0 saturated heterocycles. The number of rotatable bonds is 7. The maximum absolute atomic E-state index is 12.0. The molecule has 0 radical (unpaired) electrons. The fraction of sp³-hybridized carbons (Fsp3) is 0.278. The first-order valence-corrected chi connectivity index (χ1v) is 8.28. The van der Waals surface area contributed by atoms with Gasteiger partial charge in [-0.2, -0.15) is 0 Å². The van der Waals surface area contributed by atoms with Crippen LogP contribution in [0.25, 0.3) is 6.08 Å². The first-order valence-electron chi connectivity index (χ1n) is 7.40. The van der Waals surface area contributed by atoms with Gasteiger partial charge in [0.05, 0.1) is 13.2 Å². The van der Waals surface area contributed by atoms with Crippen LogP contribution >= 0.6 is 11.3 Å². The molecule has 1 unspecified atom stereocenters. The van der Waals surface area contributed by atoms with Crippen LogP contribution in [0.1, 0.15) is 16.5 Å². The number of methoxy groups -OCH3 is 1. The van der Waals surface area contributed by atoms with E-state index in [0.717, 1.165) is 16.2 Å². The van der Waals surface area contributed by atoms with E-state index in [4.69, 9.17) is 4.74 Å². The van der Waals surface area contributed by atoms with Gasteiger partial charge in [-0.3, -0.25) is 4.79 Å². The van der Waals surface area contributed by atoms with Gasteiger partial charge < -0.3 is 15.0 Å². The number of ether oxygens (including phenoxy) is 1. The topological polar surface area (TPSA) is 41.6 Å². The van der Waals surface area contributed by atoms with Crippen molar-refractivity contribution in [3.8, 4) is 5.75 Å². The highest BCUT2D eigenvalue weighted by Crippen LogP contribution is 2.20. The van der Waals surface area contributed by atoms with Crippen molar-refractivity contribution in [2.75, 3.05) is 27.7 Å². The summed E-state index contributed by atoms with van der Waals surface area (Å²) in [5.74, 6) is 0.743. The molecular weight excluding hydrogens is 308 g/mol. The molecule has 1 heterocycles. The number of carbonyl (C=O) groups excluding carboxylic acids is 1. The lowest BCUT2D eigenvalue weighted by atomic mass is 10.1. The van der Waals surface area contributed by atoms with Crippen LogP contribution in [0.5, 0.6) is 5.75 Å². The minimum absolute atomic E-state index is 0.0845. The Labute approximate surface area is 141 Å². The Balaban J connectivity index is 1.95. The Morgan fingerprint density at radius 1 is 1.30 bits per heavy atom. The van der Waals surface area contributed by atoms with E-state index in [1.807, 2.05) is 61.9 Å². The third kappa shape index (κ3) is 5.23. The van der Waals surface area contributed by atoms with E-state index < -0.39 is 0 Å². The lowest BCUT2D eigenvalue weighted by Gasteiger charge is -2.25. The summed E-state index contributed by atoms with van der Waals surface area (Å²) in [7, 11) is 5.66. The third-order valence-corrected chi connectivity index (χ3v) is 4.37. The van der Waals surface area contributed by atoms with Crippen LogP contribution in [0.3, 0.4) is 0 Å². The molecule has 5 heteroatoms. The number of benzene rings is 1. The second kappa shape index (κ2) is 8.50. The number of thiophene rings is 1. The monoisotopic (exact) mass is 330 g/mol. The van der Waals surface area contributed by atoms with Crippen molar-refractivity contribution in [2.45, 2.75) is 6.04 Å². The van der Waals surface area contributed by atoms with E-state index in [1.54, 1.807) is 24.5 Å². The molecule has 23 heavy (non-hydrogen) atoms. The highest BCUT2D eigenvalue weighted by atomic mass is 32.1. The summed E-state index contributed by atoms with van der Waals surface area (Å²) in [6.45, 7) is 0.549. The maximum Gasteiger partial charge on any atom is 0.244 e. The number of likely N-dealkylation sites (N-methyl/N-ethyl adjacent to an activating group) is 1. The van der Waals surface area contributed by atoms with Crippen molar-refractivity contribution >= 4 is 23.3 Å². The first kappa shape index (κ1) is 17.2. The third-order valence-electron chi connectivity index (χ3n) is 3.54. The minimum atomic E-state index is -0.0845. The molecule has 122 valence electrons. The SMILES string of the molecule is COc1ccc(C(CNC(=O)/C=C/c2cccs2)N(C)C)cc1. The van der Waals surface area contributed by atoms with E-state index in [2.05, 4.69) is 10.2 Å². The molecule has 0 aliphatic rings. The van der Waals surface area contributed by atoms with E-state index in [0.29, 0.717) is 6.54 Å². The van der Waals surface area contributed by atoms with Gasteiger partial charge in [0.1, 0.15) is 5.75 Å². The summed E-state index contributed by atoms with van der Waals surface area (Å²) in [6.07, 6.45) is 3.41.